The van der Waals surface area contributed by atoms with Gasteiger partial charge in [0.25, 0.3) is 0 Å². The summed E-state index contributed by atoms with van der Waals surface area (Å²) in [5, 5.41) is 8.96. The number of nitrogens with two attached hydrogens (primary N) is 1. The second-order valence-electron chi connectivity index (χ2n) is 4.86. The van der Waals surface area contributed by atoms with Crippen LogP contribution < -0.4 is 10.6 Å². The molecule has 0 amide bonds. The summed E-state index contributed by atoms with van der Waals surface area (Å²) in [5.74, 6) is 0. The molecule has 0 unspecified atom stereocenters. The molecule has 1 atom stereocenters. The topological polar surface area (TPSA) is 49.5 Å². The first-order valence-corrected chi connectivity index (χ1v) is 7.19. The van der Waals surface area contributed by atoms with Crippen LogP contribution in [0.4, 0.5) is 5.69 Å². The zero-order valence-corrected chi connectivity index (χ0v) is 12.9. The third-order valence-corrected chi connectivity index (χ3v) is 3.67. The quantitative estimate of drug-likeness (QED) is 0.848. The van der Waals surface area contributed by atoms with Crippen LogP contribution in [0.15, 0.2) is 22.7 Å². The first kappa shape index (κ1) is 15.5. The maximum Gasteiger partial charge on any atom is 0.0447 e. The molecular weight excluding hydrogens is 292 g/mol. The molecule has 0 spiro atoms. The van der Waals surface area contributed by atoms with Gasteiger partial charge in [0.2, 0.25) is 0 Å². The number of hydrogen-bond donors (Lipinski definition) is 2. The number of nitrogens with zero attached hydrogens (tertiary/aromatic N) is 1. The second-order valence-corrected chi connectivity index (χ2v) is 5.71. The molecule has 3 N–H and O–H groups in total. The minimum atomic E-state index is 0.0263. The molecule has 0 aromatic heterocycles. The van der Waals surface area contributed by atoms with E-state index in [0.717, 1.165) is 28.7 Å². The van der Waals surface area contributed by atoms with Gasteiger partial charge in [-0.1, -0.05) is 22.0 Å². The highest BCUT2D eigenvalue weighted by molar-refractivity contribution is 9.10. The fourth-order valence-corrected chi connectivity index (χ4v) is 2.72. The number of anilines is 1. The van der Waals surface area contributed by atoms with Crippen molar-refractivity contribution < 1.29 is 5.11 Å². The van der Waals surface area contributed by atoms with Crippen LogP contribution in [0.3, 0.4) is 0 Å². The second kappa shape index (κ2) is 7.12. The van der Waals surface area contributed by atoms with Gasteiger partial charge in [0, 0.05) is 35.4 Å². The summed E-state index contributed by atoms with van der Waals surface area (Å²) in [6.07, 6.45) is 0.783. The summed E-state index contributed by atoms with van der Waals surface area (Å²) >= 11 is 3.58. The average molecular weight is 315 g/mol. The number of aliphatic hydroxyl groups excluding tert-OH is 1. The molecule has 3 nitrogen and oxygen atoms in total. The fraction of sp³-hybridized carbons (Fsp3) is 0.571. The third kappa shape index (κ3) is 3.97. The fourth-order valence-electron chi connectivity index (χ4n) is 1.99. The highest BCUT2D eigenvalue weighted by Crippen LogP contribution is 2.28. The molecule has 0 aliphatic carbocycles. The van der Waals surface area contributed by atoms with Crippen molar-refractivity contribution in [2.24, 2.45) is 5.73 Å². The van der Waals surface area contributed by atoms with Gasteiger partial charge >= 0.3 is 0 Å². The number of rotatable bonds is 6. The van der Waals surface area contributed by atoms with Crippen molar-refractivity contribution in [2.45, 2.75) is 39.3 Å². The van der Waals surface area contributed by atoms with Crippen molar-refractivity contribution in [1.82, 2.24) is 0 Å². The van der Waals surface area contributed by atoms with E-state index in [1.807, 2.05) is 6.92 Å². The normalized spacial score (nSPS) is 12.8. The first-order chi connectivity index (χ1) is 8.47. The van der Waals surface area contributed by atoms with Crippen molar-refractivity contribution in [3.63, 3.8) is 0 Å². The average Bonchev–Trinajstić information content (AvgIpc) is 2.28. The van der Waals surface area contributed by atoms with Crippen molar-refractivity contribution in [3.05, 3.63) is 28.2 Å². The zero-order chi connectivity index (χ0) is 13.7. The molecule has 0 saturated heterocycles. The van der Waals surface area contributed by atoms with Crippen LogP contribution in [-0.4, -0.2) is 24.3 Å². The maximum atomic E-state index is 8.96. The number of hydrogen-bond acceptors (Lipinski definition) is 3. The molecule has 1 rings (SSSR count). The van der Waals surface area contributed by atoms with Gasteiger partial charge in [0.1, 0.15) is 0 Å². The van der Waals surface area contributed by atoms with Crippen LogP contribution in [0.25, 0.3) is 0 Å². The first-order valence-electron chi connectivity index (χ1n) is 6.40. The molecule has 0 saturated carbocycles. The Morgan fingerprint density at radius 3 is 2.44 bits per heavy atom. The number of halogens is 1. The van der Waals surface area contributed by atoms with Gasteiger partial charge < -0.3 is 15.7 Å². The Bertz CT molecular complexity index is 380. The Kier molecular flexibility index (Phi) is 6.12. The molecule has 1 aromatic rings. The molecule has 102 valence electrons. The molecule has 0 radical (unpaired) electrons. The van der Waals surface area contributed by atoms with Gasteiger partial charge in [0.15, 0.2) is 0 Å². The highest BCUT2D eigenvalue weighted by atomic mass is 79.9. The largest absolute Gasteiger partial charge is 0.396 e. The molecule has 0 aliphatic rings. The molecule has 1 aromatic carbocycles. The standard InChI is InChI=1S/C14H23BrN2O/c1-10(2)17(7-4-8-18)12-5-6-13(11(3)16)14(15)9-12/h5-6,9-11,18H,4,7-8,16H2,1-3H3/t11-/m0/s1. The van der Waals surface area contributed by atoms with Gasteiger partial charge in [0.05, 0.1) is 0 Å². The lowest BCUT2D eigenvalue weighted by Gasteiger charge is -2.29. The van der Waals surface area contributed by atoms with E-state index in [0.29, 0.717) is 6.04 Å². The highest BCUT2D eigenvalue weighted by Gasteiger charge is 2.12. The molecule has 18 heavy (non-hydrogen) atoms. The van der Waals surface area contributed by atoms with Crippen LogP contribution in [-0.2, 0) is 0 Å². The summed E-state index contributed by atoms with van der Waals surface area (Å²) < 4.78 is 1.05. The Labute approximate surface area is 118 Å². The zero-order valence-electron chi connectivity index (χ0n) is 11.4. The predicted octanol–water partition coefficient (Wildman–Crippen LogP) is 3.07. The summed E-state index contributed by atoms with van der Waals surface area (Å²) in [4.78, 5) is 2.28. The van der Waals surface area contributed by atoms with E-state index >= 15 is 0 Å². The Balaban J connectivity index is 2.95. The summed E-state index contributed by atoms with van der Waals surface area (Å²) in [6, 6.07) is 6.71. The minimum Gasteiger partial charge on any atom is -0.396 e. The van der Waals surface area contributed by atoms with Crippen molar-refractivity contribution in [3.8, 4) is 0 Å². The lowest BCUT2D eigenvalue weighted by Crippen LogP contribution is -2.32. The molecule has 0 aliphatic heterocycles. The lowest BCUT2D eigenvalue weighted by molar-refractivity contribution is 0.288. The van der Waals surface area contributed by atoms with E-state index in [1.54, 1.807) is 0 Å². The van der Waals surface area contributed by atoms with Crippen LogP contribution >= 0.6 is 15.9 Å². The van der Waals surface area contributed by atoms with Crippen LogP contribution in [0, 0.1) is 0 Å². The van der Waals surface area contributed by atoms with E-state index in [4.69, 9.17) is 10.8 Å². The Hall–Kier alpha value is -0.580. The van der Waals surface area contributed by atoms with Crippen molar-refractivity contribution in [1.29, 1.82) is 0 Å². The van der Waals surface area contributed by atoms with Gasteiger partial charge in [-0.2, -0.15) is 0 Å². The summed E-state index contributed by atoms with van der Waals surface area (Å²) in [5.41, 5.74) is 8.18. The van der Waals surface area contributed by atoms with Crippen LogP contribution in [0.2, 0.25) is 0 Å². The van der Waals surface area contributed by atoms with E-state index in [1.165, 1.54) is 0 Å². The maximum absolute atomic E-state index is 8.96. The Morgan fingerprint density at radius 2 is 2.00 bits per heavy atom. The molecule has 4 heteroatoms. The minimum absolute atomic E-state index is 0.0263. The van der Waals surface area contributed by atoms with Gasteiger partial charge in [-0.3, -0.25) is 0 Å². The molecule has 0 fully saturated rings. The van der Waals surface area contributed by atoms with Gasteiger partial charge in [-0.05, 0) is 44.9 Å². The van der Waals surface area contributed by atoms with Gasteiger partial charge in [-0.15, -0.1) is 0 Å². The smallest absolute Gasteiger partial charge is 0.0447 e. The predicted molar refractivity (Wildman–Crippen MR) is 80.9 cm³/mol. The molecular formula is C14H23BrN2O. The van der Waals surface area contributed by atoms with E-state index < -0.39 is 0 Å². The SMILES string of the molecule is CC(C)N(CCCO)c1ccc([C@H](C)N)c(Br)c1. The summed E-state index contributed by atoms with van der Waals surface area (Å²) in [7, 11) is 0. The van der Waals surface area contributed by atoms with E-state index in [2.05, 4.69) is 52.9 Å². The monoisotopic (exact) mass is 314 g/mol. The lowest BCUT2D eigenvalue weighted by atomic mass is 10.1. The van der Waals surface area contributed by atoms with E-state index in [9.17, 15) is 0 Å². The number of benzene rings is 1. The molecule has 0 bridgehead atoms. The summed E-state index contributed by atoms with van der Waals surface area (Å²) in [6.45, 7) is 7.38. The number of aliphatic hydroxyl groups is 1. The van der Waals surface area contributed by atoms with Gasteiger partial charge in [-0.25, -0.2) is 0 Å². The Morgan fingerprint density at radius 1 is 1.33 bits per heavy atom. The van der Waals surface area contributed by atoms with E-state index in [-0.39, 0.29) is 12.6 Å². The third-order valence-electron chi connectivity index (χ3n) is 2.99. The van der Waals surface area contributed by atoms with Crippen LogP contribution in [0.1, 0.15) is 38.8 Å². The van der Waals surface area contributed by atoms with Crippen LogP contribution in [0.5, 0.6) is 0 Å². The molecule has 0 heterocycles. The van der Waals surface area contributed by atoms with Crippen molar-refractivity contribution >= 4 is 21.6 Å². The van der Waals surface area contributed by atoms with Crippen molar-refractivity contribution in [2.75, 3.05) is 18.1 Å².